The van der Waals surface area contributed by atoms with Gasteiger partial charge >= 0.3 is 0 Å². The first-order valence-electron chi connectivity index (χ1n) is 13.4. The first-order valence-corrected chi connectivity index (χ1v) is 13.4. The lowest BCUT2D eigenvalue weighted by molar-refractivity contribution is -0.192. The molecule has 5 atom stereocenters. The number of halogens is 2. The highest BCUT2D eigenvalue weighted by atomic mass is 35.5. The van der Waals surface area contributed by atoms with Crippen LogP contribution < -0.4 is 10.1 Å². The number of nitrogens with one attached hydrogen (secondary N) is 1. The third-order valence-corrected chi connectivity index (χ3v) is 10.2. The van der Waals surface area contributed by atoms with Crippen LogP contribution >= 0.6 is 24.8 Å². The number of likely N-dealkylation sites (tertiary alicyclic amines) is 2. The predicted octanol–water partition coefficient (Wildman–Crippen LogP) is 2.63. The molecule has 1 aromatic carbocycles. The Hall–Kier alpha value is -1.25. The molecule has 7 nitrogen and oxygen atoms in total. The number of benzene rings is 1. The van der Waals surface area contributed by atoms with E-state index < -0.39 is 11.0 Å². The molecule has 3 heterocycles. The summed E-state index contributed by atoms with van der Waals surface area (Å²) in [6.07, 6.45) is 7.02. The van der Waals surface area contributed by atoms with Crippen LogP contribution in [0.4, 0.5) is 0 Å². The average Bonchev–Trinajstić information content (AvgIpc) is 3.56. The second kappa shape index (κ2) is 9.19. The van der Waals surface area contributed by atoms with E-state index in [9.17, 15) is 15.0 Å². The molecule has 7 rings (SSSR count). The molecule has 4 fully saturated rings. The maximum atomic E-state index is 13.3. The van der Waals surface area contributed by atoms with Gasteiger partial charge in [-0.3, -0.25) is 9.69 Å². The van der Waals surface area contributed by atoms with Crippen LogP contribution in [0.3, 0.4) is 0 Å². The van der Waals surface area contributed by atoms with Crippen molar-refractivity contribution in [2.75, 3.05) is 33.2 Å². The van der Waals surface area contributed by atoms with Gasteiger partial charge in [0.1, 0.15) is 6.10 Å². The molecule has 9 heteroatoms. The number of carbonyl (C=O) groups is 1. The number of ether oxygens (including phenoxy) is 1. The molecule has 1 amide bonds. The van der Waals surface area contributed by atoms with Crippen LogP contribution in [0.5, 0.6) is 11.5 Å². The van der Waals surface area contributed by atoms with Crippen molar-refractivity contribution in [1.29, 1.82) is 0 Å². The smallest absolute Gasteiger partial charge is 0.223 e. The number of hydrogen-bond acceptors (Lipinski definition) is 6. The number of hydrogen-bond donors (Lipinski definition) is 3. The number of rotatable bonds is 4. The van der Waals surface area contributed by atoms with Crippen molar-refractivity contribution in [3.8, 4) is 11.5 Å². The van der Waals surface area contributed by atoms with Gasteiger partial charge < -0.3 is 25.2 Å². The van der Waals surface area contributed by atoms with Crippen LogP contribution in [0.1, 0.15) is 56.1 Å². The van der Waals surface area contributed by atoms with Crippen LogP contribution in [0.25, 0.3) is 0 Å². The number of phenolic OH excluding ortho intramolecular Hbond substituents is 1. The second-order valence-corrected chi connectivity index (χ2v) is 12.0. The van der Waals surface area contributed by atoms with Gasteiger partial charge in [0.2, 0.25) is 5.91 Å². The van der Waals surface area contributed by atoms with Gasteiger partial charge in [0.15, 0.2) is 11.5 Å². The Kier molecular flexibility index (Phi) is 6.73. The number of nitrogens with zero attached hydrogens (tertiary/aromatic N) is 2. The zero-order valence-electron chi connectivity index (χ0n) is 20.9. The summed E-state index contributed by atoms with van der Waals surface area (Å²) in [4.78, 5) is 18.1. The molecule has 36 heavy (non-hydrogen) atoms. The molecular weight excluding hydrogens is 501 g/mol. The molecule has 2 saturated heterocycles. The van der Waals surface area contributed by atoms with E-state index in [1.807, 2.05) is 6.07 Å². The van der Waals surface area contributed by atoms with E-state index in [1.54, 1.807) is 6.07 Å². The molecule has 1 spiro atoms. The first-order chi connectivity index (χ1) is 16.4. The summed E-state index contributed by atoms with van der Waals surface area (Å²) in [5.41, 5.74) is 0.766. The van der Waals surface area contributed by atoms with E-state index in [-0.39, 0.29) is 60.6 Å². The number of aromatic hydroxyl groups is 1. The fourth-order valence-corrected chi connectivity index (χ4v) is 8.20. The Morgan fingerprint density at radius 1 is 1.11 bits per heavy atom. The Morgan fingerprint density at radius 3 is 2.58 bits per heavy atom. The molecule has 2 saturated carbocycles. The highest BCUT2D eigenvalue weighted by Crippen LogP contribution is 2.65. The van der Waals surface area contributed by atoms with Crippen molar-refractivity contribution in [1.82, 2.24) is 15.1 Å². The second-order valence-electron chi connectivity index (χ2n) is 12.0. The molecule has 0 unspecified atom stereocenters. The van der Waals surface area contributed by atoms with Crippen molar-refractivity contribution < 1.29 is 19.7 Å². The normalized spacial score (nSPS) is 37.2. The van der Waals surface area contributed by atoms with Crippen molar-refractivity contribution in [2.24, 2.45) is 11.8 Å². The fourth-order valence-electron chi connectivity index (χ4n) is 8.20. The molecule has 3 aliphatic heterocycles. The molecule has 3 N–H and O–H groups in total. The van der Waals surface area contributed by atoms with E-state index in [4.69, 9.17) is 4.74 Å². The minimum Gasteiger partial charge on any atom is -0.504 e. The van der Waals surface area contributed by atoms with E-state index in [2.05, 4.69) is 22.2 Å². The summed E-state index contributed by atoms with van der Waals surface area (Å²) in [6.45, 7) is 3.92. The van der Waals surface area contributed by atoms with Crippen molar-refractivity contribution >= 4 is 30.7 Å². The van der Waals surface area contributed by atoms with Gasteiger partial charge in [-0.05, 0) is 95.6 Å². The lowest BCUT2D eigenvalue weighted by atomic mass is 9.48. The SMILES string of the molecule is CN1CCC(C(=O)N[C@@H]2CC[C@@]3(O)[C@H]4Cc5ccc(O)c6c5[C@@]3(CCN4CC3CC3)[C@H]2O6)CC1.Cl.Cl. The van der Waals surface area contributed by atoms with Gasteiger partial charge in [-0.25, -0.2) is 0 Å². The minimum atomic E-state index is -0.897. The zero-order valence-corrected chi connectivity index (χ0v) is 22.6. The third kappa shape index (κ3) is 3.60. The lowest BCUT2D eigenvalue weighted by Gasteiger charge is -2.64. The Bertz CT molecular complexity index is 1030. The molecular formula is C27H39Cl2N3O4. The first kappa shape index (κ1) is 26.4. The van der Waals surface area contributed by atoms with Crippen molar-refractivity contribution in [2.45, 2.75) is 80.6 Å². The topological polar surface area (TPSA) is 85.3 Å². The standard InChI is InChI=1S/C27H37N3O4.2ClH/c1-29-11-7-17(8-12-29)25(32)28-19-6-9-27(33)21-14-18-4-5-20(31)23-22(18)26(27,24(19)34-23)10-13-30(21)15-16-2-3-16;;/h4-5,16-17,19,21,24,31,33H,2-3,6-15H2,1H3,(H,28,32);2*1H/t19-,21-,24+,26+,27-;;/m1../s1. The predicted molar refractivity (Wildman–Crippen MR) is 141 cm³/mol. The van der Waals surface area contributed by atoms with Gasteiger partial charge in [-0.15, -0.1) is 24.8 Å². The third-order valence-electron chi connectivity index (χ3n) is 10.2. The number of piperidine rings is 2. The molecule has 2 bridgehead atoms. The van der Waals surface area contributed by atoms with Gasteiger partial charge in [0, 0.05) is 24.1 Å². The zero-order chi connectivity index (χ0) is 23.2. The van der Waals surface area contributed by atoms with Crippen LogP contribution in [-0.4, -0.2) is 82.9 Å². The van der Waals surface area contributed by atoms with Gasteiger partial charge in [0.05, 0.1) is 17.1 Å². The molecule has 1 aromatic rings. The van der Waals surface area contributed by atoms with Gasteiger partial charge in [-0.1, -0.05) is 6.07 Å². The quantitative estimate of drug-likeness (QED) is 0.545. The van der Waals surface area contributed by atoms with Crippen LogP contribution in [0.2, 0.25) is 0 Å². The Balaban J connectivity index is 0.00000133. The number of carbonyl (C=O) groups excluding carboxylic acids is 1. The Labute approximate surface area is 225 Å². The van der Waals surface area contributed by atoms with Gasteiger partial charge in [-0.2, -0.15) is 0 Å². The summed E-state index contributed by atoms with van der Waals surface area (Å²) < 4.78 is 6.57. The summed E-state index contributed by atoms with van der Waals surface area (Å²) in [7, 11) is 2.11. The van der Waals surface area contributed by atoms with Crippen LogP contribution in [0, 0.1) is 11.8 Å². The van der Waals surface area contributed by atoms with Crippen LogP contribution in [0.15, 0.2) is 12.1 Å². The fraction of sp³-hybridized carbons (Fsp3) is 0.741. The van der Waals surface area contributed by atoms with Crippen molar-refractivity contribution in [3.05, 3.63) is 23.3 Å². The maximum Gasteiger partial charge on any atom is 0.223 e. The van der Waals surface area contributed by atoms with Crippen molar-refractivity contribution in [3.63, 3.8) is 0 Å². The monoisotopic (exact) mass is 539 g/mol. The molecule has 0 aromatic heterocycles. The Morgan fingerprint density at radius 2 is 1.86 bits per heavy atom. The van der Waals surface area contributed by atoms with Crippen LogP contribution in [-0.2, 0) is 16.6 Å². The number of amides is 1. The number of aliphatic hydroxyl groups is 1. The molecule has 3 aliphatic carbocycles. The summed E-state index contributed by atoms with van der Waals surface area (Å²) >= 11 is 0. The highest BCUT2D eigenvalue weighted by Gasteiger charge is 2.73. The maximum absolute atomic E-state index is 13.3. The van der Waals surface area contributed by atoms with Gasteiger partial charge in [0.25, 0.3) is 0 Å². The van der Waals surface area contributed by atoms with E-state index in [1.165, 1.54) is 18.4 Å². The molecule has 0 radical (unpaired) electrons. The molecule has 200 valence electrons. The van der Waals surface area contributed by atoms with E-state index in [0.29, 0.717) is 18.6 Å². The average molecular weight is 541 g/mol. The summed E-state index contributed by atoms with van der Waals surface area (Å²) in [6, 6.07) is 3.71. The summed E-state index contributed by atoms with van der Waals surface area (Å²) in [5, 5.41) is 26.6. The summed E-state index contributed by atoms with van der Waals surface area (Å²) in [5.74, 6) is 1.65. The van der Waals surface area contributed by atoms with E-state index in [0.717, 1.165) is 63.3 Å². The minimum absolute atomic E-state index is 0. The largest absolute Gasteiger partial charge is 0.504 e. The number of phenols is 1. The lowest BCUT2D eigenvalue weighted by Crippen LogP contribution is -2.78. The van der Waals surface area contributed by atoms with E-state index >= 15 is 0 Å². The highest BCUT2D eigenvalue weighted by molar-refractivity contribution is 5.85. The molecule has 6 aliphatic rings.